The fourth-order valence-corrected chi connectivity index (χ4v) is 2.13. The van der Waals surface area contributed by atoms with Crippen LogP contribution in [0.2, 0.25) is 0 Å². The van der Waals surface area contributed by atoms with E-state index in [1.54, 1.807) is 30.3 Å². The lowest BCUT2D eigenvalue weighted by Crippen LogP contribution is -2.09. The molecule has 0 amide bonds. The molecule has 4 heteroatoms. The predicted molar refractivity (Wildman–Crippen MR) is 74.1 cm³/mol. The van der Waals surface area contributed by atoms with Crippen molar-refractivity contribution in [3.63, 3.8) is 0 Å². The lowest BCUT2D eigenvalue weighted by molar-refractivity contribution is -0.137. The van der Waals surface area contributed by atoms with Gasteiger partial charge in [0.05, 0.1) is 5.56 Å². The van der Waals surface area contributed by atoms with Crippen LogP contribution in [-0.4, -0.2) is 0 Å². The molecular formula is C16H16F3N. The second-order valence-electron chi connectivity index (χ2n) is 4.68. The Morgan fingerprint density at radius 1 is 1.00 bits per heavy atom. The first-order valence-electron chi connectivity index (χ1n) is 6.45. The zero-order valence-corrected chi connectivity index (χ0v) is 11.1. The van der Waals surface area contributed by atoms with E-state index in [1.807, 2.05) is 6.92 Å². The van der Waals surface area contributed by atoms with Crippen molar-refractivity contribution in [2.24, 2.45) is 5.73 Å². The Bertz CT molecular complexity index is 573. The van der Waals surface area contributed by atoms with Gasteiger partial charge in [-0.15, -0.1) is 0 Å². The molecule has 0 aliphatic carbocycles. The van der Waals surface area contributed by atoms with Crippen molar-refractivity contribution < 1.29 is 13.2 Å². The summed E-state index contributed by atoms with van der Waals surface area (Å²) in [5.74, 6) is 0. The summed E-state index contributed by atoms with van der Waals surface area (Å²) in [6, 6.07) is 12.5. The van der Waals surface area contributed by atoms with Gasteiger partial charge in [0.1, 0.15) is 0 Å². The van der Waals surface area contributed by atoms with Gasteiger partial charge in [0, 0.05) is 6.04 Å². The van der Waals surface area contributed by atoms with Crippen molar-refractivity contribution >= 4 is 0 Å². The van der Waals surface area contributed by atoms with Gasteiger partial charge in [-0.25, -0.2) is 0 Å². The molecule has 106 valence electrons. The standard InChI is InChI=1S/C16H16F3N/c1-2-15(20)12-9-7-11(8-10-12)13-5-3-4-6-14(13)16(17,18)19/h3-10,15H,2,20H2,1H3. The minimum Gasteiger partial charge on any atom is -0.324 e. The summed E-state index contributed by atoms with van der Waals surface area (Å²) in [7, 11) is 0. The molecule has 1 unspecified atom stereocenters. The number of benzene rings is 2. The minimum atomic E-state index is -4.35. The van der Waals surface area contributed by atoms with E-state index in [-0.39, 0.29) is 11.6 Å². The van der Waals surface area contributed by atoms with E-state index in [4.69, 9.17) is 5.73 Å². The van der Waals surface area contributed by atoms with Crippen molar-refractivity contribution in [3.8, 4) is 11.1 Å². The third-order valence-electron chi connectivity index (χ3n) is 3.32. The number of halogens is 3. The molecule has 20 heavy (non-hydrogen) atoms. The molecule has 2 aromatic rings. The second-order valence-corrected chi connectivity index (χ2v) is 4.68. The maximum Gasteiger partial charge on any atom is 0.417 e. The minimum absolute atomic E-state index is 0.0816. The smallest absolute Gasteiger partial charge is 0.324 e. The first-order chi connectivity index (χ1) is 9.43. The monoisotopic (exact) mass is 279 g/mol. The van der Waals surface area contributed by atoms with Crippen LogP contribution in [0.3, 0.4) is 0 Å². The Labute approximate surface area is 116 Å². The molecule has 1 atom stereocenters. The van der Waals surface area contributed by atoms with Crippen molar-refractivity contribution in [2.75, 3.05) is 0 Å². The zero-order valence-electron chi connectivity index (χ0n) is 11.1. The van der Waals surface area contributed by atoms with E-state index in [1.165, 1.54) is 12.1 Å². The number of alkyl halides is 3. The van der Waals surface area contributed by atoms with Crippen LogP contribution in [0.4, 0.5) is 13.2 Å². The van der Waals surface area contributed by atoms with Crippen molar-refractivity contribution in [2.45, 2.75) is 25.6 Å². The molecule has 0 bridgehead atoms. The first kappa shape index (κ1) is 14.6. The van der Waals surface area contributed by atoms with Gasteiger partial charge >= 0.3 is 6.18 Å². The fourth-order valence-electron chi connectivity index (χ4n) is 2.13. The van der Waals surface area contributed by atoms with Crippen LogP contribution in [0.15, 0.2) is 48.5 Å². The maximum absolute atomic E-state index is 13.0. The normalized spacial score (nSPS) is 13.2. The molecular weight excluding hydrogens is 263 g/mol. The molecule has 0 aliphatic rings. The summed E-state index contributed by atoms with van der Waals surface area (Å²) < 4.78 is 38.9. The molecule has 0 saturated carbocycles. The molecule has 0 fully saturated rings. The summed E-state index contributed by atoms with van der Waals surface area (Å²) in [5.41, 5.74) is 6.95. The lowest BCUT2D eigenvalue weighted by atomic mass is 9.96. The van der Waals surface area contributed by atoms with E-state index in [0.29, 0.717) is 5.56 Å². The van der Waals surface area contributed by atoms with Gasteiger partial charge < -0.3 is 5.73 Å². The maximum atomic E-state index is 13.0. The van der Waals surface area contributed by atoms with Gasteiger partial charge in [-0.05, 0) is 29.2 Å². The highest BCUT2D eigenvalue weighted by Gasteiger charge is 2.33. The van der Waals surface area contributed by atoms with E-state index in [0.717, 1.165) is 18.1 Å². The molecule has 2 N–H and O–H groups in total. The quantitative estimate of drug-likeness (QED) is 0.859. The molecule has 0 heterocycles. The van der Waals surface area contributed by atoms with Crippen molar-refractivity contribution in [1.29, 1.82) is 0 Å². The number of nitrogens with two attached hydrogens (primary N) is 1. The highest BCUT2D eigenvalue weighted by Crippen LogP contribution is 2.37. The SMILES string of the molecule is CCC(N)c1ccc(-c2ccccc2C(F)(F)F)cc1. The molecule has 2 aromatic carbocycles. The Morgan fingerprint density at radius 3 is 2.15 bits per heavy atom. The van der Waals surface area contributed by atoms with Crippen LogP contribution in [-0.2, 0) is 6.18 Å². The number of rotatable bonds is 3. The summed E-state index contributed by atoms with van der Waals surface area (Å²) in [4.78, 5) is 0. The van der Waals surface area contributed by atoms with Gasteiger partial charge in [-0.2, -0.15) is 13.2 Å². The van der Waals surface area contributed by atoms with E-state index < -0.39 is 11.7 Å². The fraction of sp³-hybridized carbons (Fsp3) is 0.250. The summed E-state index contributed by atoms with van der Waals surface area (Å²) in [6.07, 6.45) is -3.56. The second kappa shape index (κ2) is 5.67. The van der Waals surface area contributed by atoms with E-state index >= 15 is 0 Å². The Balaban J connectivity index is 2.42. The largest absolute Gasteiger partial charge is 0.417 e. The lowest BCUT2D eigenvalue weighted by Gasteiger charge is -2.14. The van der Waals surface area contributed by atoms with Crippen molar-refractivity contribution in [3.05, 3.63) is 59.7 Å². The van der Waals surface area contributed by atoms with E-state index in [9.17, 15) is 13.2 Å². The van der Waals surface area contributed by atoms with Crippen LogP contribution in [0.25, 0.3) is 11.1 Å². The molecule has 0 aliphatic heterocycles. The predicted octanol–water partition coefficient (Wildman–Crippen LogP) is 4.78. The summed E-state index contributed by atoms with van der Waals surface area (Å²) >= 11 is 0. The molecule has 2 rings (SSSR count). The Kier molecular flexibility index (Phi) is 4.14. The summed E-state index contributed by atoms with van der Waals surface area (Å²) in [5, 5.41) is 0. The summed E-state index contributed by atoms with van der Waals surface area (Å²) in [6.45, 7) is 1.97. The zero-order chi connectivity index (χ0) is 14.8. The molecule has 0 radical (unpaired) electrons. The average Bonchev–Trinajstić information content (AvgIpc) is 2.46. The average molecular weight is 279 g/mol. The molecule has 0 spiro atoms. The van der Waals surface area contributed by atoms with Gasteiger partial charge in [0.2, 0.25) is 0 Å². The van der Waals surface area contributed by atoms with Crippen LogP contribution in [0.5, 0.6) is 0 Å². The Morgan fingerprint density at radius 2 is 1.60 bits per heavy atom. The van der Waals surface area contributed by atoms with Gasteiger partial charge in [0.25, 0.3) is 0 Å². The van der Waals surface area contributed by atoms with Gasteiger partial charge in [-0.1, -0.05) is 49.4 Å². The first-order valence-corrected chi connectivity index (χ1v) is 6.45. The molecule has 1 nitrogen and oxygen atoms in total. The molecule has 0 aromatic heterocycles. The van der Waals surface area contributed by atoms with Crippen LogP contribution >= 0.6 is 0 Å². The van der Waals surface area contributed by atoms with Gasteiger partial charge in [-0.3, -0.25) is 0 Å². The highest BCUT2D eigenvalue weighted by atomic mass is 19.4. The van der Waals surface area contributed by atoms with Crippen LogP contribution in [0, 0.1) is 0 Å². The third-order valence-corrected chi connectivity index (χ3v) is 3.32. The number of hydrogen-bond acceptors (Lipinski definition) is 1. The van der Waals surface area contributed by atoms with E-state index in [2.05, 4.69) is 0 Å². The van der Waals surface area contributed by atoms with Crippen LogP contribution in [0.1, 0.15) is 30.5 Å². The topological polar surface area (TPSA) is 26.0 Å². The highest BCUT2D eigenvalue weighted by molar-refractivity contribution is 5.68. The molecule has 0 saturated heterocycles. The van der Waals surface area contributed by atoms with Gasteiger partial charge in [0.15, 0.2) is 0 Å². The Hall–Kier alpha value is -1.81. The number of hydrogen-bond donors (Lipinski definition) is 1. The van der Waals surface area contributed by atoms with Crippen LogP contribution < -0.4 is 5.73 Å². The van der Waals surface area contributed by atoms with Crippen molar-refractivity contribution in [1.82, 2.24) is 0 Å². The third kappa shape index (κ3) is 3.02.